The Bertz CT molecular complexity index is 1200. The molecule has 23 heteroatoms. The Kier molecular flexibility index (Phi) is 7.77. The molecule has 0 amide bonds. The molecule has 3 saturated heterocycles. The van der Waals surface area contributed by atoms with Gasteiger partial charge in [-0.25, -0.2) is 29.9 Å². The molecule has 198 valence electrons. The first-order valence-corrected chi connectivity index (χ1v) is 13.9. The molecule has 3 heterocycles. The lowest BCUT2D eigenvalue weighted by atomic mass is 9.97. The van der Waals surface area contributed by atoms with Crippen molar-refractivity contribution >= 4 is 47.8 Å². The lowest BCUT2D eigenvalue weighted by Crippen LogP contribution is -2.52. The van der Waals surface area contributed by atoms with Crippen LogP contribution < -0.4 is 0 Å². The van der Waals surface area contributed by atoms with Crippen LogP contribution in [0.5, 0.6) is 0 Å². The van der Waals surface area contributed by atoms with Crippen molar-refractivity contribution in [3.05, 3.63) is 0 Å². The standard InChI is InChI=1S/C11H16O19S4/c1-21-31(13,14)23-3-6-8(30-34(19,20)28-6)10-9(25-11(12)26-10)7(29-32(15,16)22-2)5-4-24-33(17,18)27-5/h5-10H,3-4H2,1-2H3. The molecule has 3 aliphatic rings. The molecule has 19 nitrogen and oxygen atoms in total. The lowest BCUT2D eigenvalue weighted by Gasteiger charge is -2.29. The van der Waals surface area contributed by atoms with E-state index in [0.29, 0.717) is 7.11 Å². The molecule has 0 spiro atoms. The van der Waals surface area contributed by atoms with Crippen molar-refractivity contribution in [2.24, 2.45) is 0 Å². The second kappa shape index (κ2) is 9.66. The SMILES string of the molecule is COS(=O)(=O)OCC1OS(=O)(=O)OC1C1OC(=O)OC1C(OS(=O)(=O)OC)C1COS(=O)(=O)O1. The third kappa shape index (κ3) is 6.49. The summed E-state index contributed by atoms with van der Waals surface area (Å²) in [6.07, 6.45) is -12.9. The minimum atomic E-state index is -4.85. The van der Waals surface area contributed by atoms with E-state index in [-0.39, 0.29) is 0 Å². The van der Waals surface area contributed by atoms with Gasteiger partial charge < -0.3 is 9.47 Å². The van der Waals surface area contributed by atoms with Gasteiger partial charge in [0, 0.05) is 0 Å². The van der Waals surface area contributed by atoms with Crippen LogP contribution in [0.4, 0.5) is 4.79 Å². The van der Waals surface area contributed by atoms with Crippen molar-refractivity contribution in [1.82, 2.24) is 0 Å². The molecule has 0 aromatic carbocycles. The number of hydrogen-bond donors (Lipinski definition) is 0. The quantitative estimate of drug-likeness (QED) is 0.230. The molecular formula is C11H16O19S4. The molecule has 0 aliphatic carbocycles. The van der Waals surface area contributed by atoms with E-state index in [0.717, 1.165) is 7.11 Å². The fourth-order valence-electron chi connectivity index (χ4n) is 2.92. The van der Waals surface area contributed by atoms with Crippen LogP contribution in [-0.4, -0.2) is 104 Å². The molecule has 6 atom stereocenters. The van der Waals surface area contributed by atoms with Crippen molar-refractivity contribution in [2.45, 2.75) is 36.6 Å². The maximum atomic E-state index is 11.9. The van der Waals surface area contributed by atoms with Crippen LogP contribution in [0.15, 0.2) is 0 Å². The van der Waals surface area contributed by atoms with Crippen LogP contribution >= 0.6 is 0 Å². The zero-order valence-corrected chi connectivity index (χ0v) is 20.0. The highest BCUT2D eigenvalue weighted by Crippen LogP contribution is 2.35. The number of cyclic esters (lactones) is 2. The summed E-state index contributed by atoms with van der Waals surface area (Å²) in [5, 5.41) is 0. The predicted octanol–water partition coefficient (Wildman–Crippen LogP) is -3.24. The second-order valence-corrected chi connectivity index (χ2v) is 11.5. The number of carbonyl (C=O) groups excluding carboxylic acids is 1. The summed E-state index contributed by atoms with van der Waals surface area (Å²) in [4.78, 5) is 11.9. The average Bonchev–Trinajstić information content (AvgIpc) is 3.38. The first-order chi connectivity index (χ1) is 15.6. The van der Waals surface area contributed by atoms with Crippen LogP contribution in [0, 0.1) is 0 Å². The molecular weight excluding hydrogens is 564 g/mol. The van der Waals surface area contributed by atoms with Gasteiger partial charge in [0.15, 0.2) is 24.4 Å². The highest BCUT2D eigenvalue weighted by Gasteiger charge is 2.59. The summed E-state index contributed by atoms with van der Waals surface area (Å²) >= 11 is 0. The van der Waals surface area contributed by atoms with Gasteiger partial charge in [0.2, 0.25) is 0 Å². The summed E-state index contributed by atoms with van der Waals surface area (Å²) in [6.45, 7) is -1.86. The Hall–Kier alpha value is -1.25. The molecule has 34 heavy (non-hydrogen) atoms. The summed E-state index contributed by atoms with van der Waals surface area (Å²) in [7, 11) is -17.4. The molecule has 3 aliphatic heterocycles. The smallest absolute Gasteiger partial charge is 0.424 e. The summed E-state index contributed by atoms with van der Waals surface area (Å²) in [6, 6.07) is 0. The fourth-order valence-corrected chi connectivity index (χ4v) is 5.74. The number of rotatable bonds is 10. The molecule has 0 N–H and O–H groups in total. The third-order valence-corrected chi connectivity index (χ3v) is 7.82. The maximum absolute atomic E-state index is 11.9. The van der Waals surface area contributed by atoms with Crippen molar-refractivity contribution in [3.8, 4) is 0 Å². The highest BCUT2D eigenvalue weighted by atomic mass is 32.3. The molecule has 0 bridgehead atoms. The molecule has 3 fully saturated rings. The van der Waals surface area contributed by atoms with Crippen LogP contribution in [0.3, 0.4) is 0 Å². The largest absolute Gasteiger partial charge is 0.509 e. The molecule has 3 rings (SSSR count). The summed E-state index contributed by atoms with van der Waals surface area (Å²) < 4.78 is 139. The minimum absolute atomic E-state index is 0.688. The van der Waals surface area contributed by atoms with E-state index in [1.807, 2.05) is 0 Å². The van der Waals surface area contributed by atoms with Crippen molar-refractivity contribution in [1.29, 1.82) is 0 Å². The van der Waals surface area contributed by atoms with Crippen LogP contribution in [0.1, 0.15) is 0 Å². The monoisotopic (exact) mass is 580 g/mol. The van der Waals surface area contributed by atoms with Gasteiger partial charge in [-0.1, -0.05) is 0 Å². The molecule has 0 saturated carbocycles. The van der Waals surface area contributed by atoms with Crippen LogP contribution in [-0.2, 0) is 84.5 Å². The number of ether oxygens (including phenoxy) is 2. The van der Waals surface area contributed by atoms with Crippen molar-refractivity contribution in [3.63, 3.8) is 0 Å². The van der Waals surface area contributed by atoms with Gasteiger partial charge in [0.25, 0.3) is 0 Å². The van der Waals surface area contributed by atoms with E-state index in [1.165, 1.54) is 0 Å². The van der Waals surface area contributed by atoms with Gasteiger partial charge in [0.05, 0.1) is 27.4 Å². The zero-order valence-electron chi connectivity index (χ0n) is 16.8. The number of carbonyl (C=O) groups is 1. The van der Waals surface area contributed by atoms with Crippen molar-refractivity contribution < 1.29 is 81.4 Å². The first-order valence-electron chi connectivity index (χ1n) is 8.57. The first kappa shape index (κ1) is 27.3. The zero-order chi connectivity index (χ0) is 25.5. The van der Waals surface area contributed by atoms with E-state index in [1.54, 1.807) is 0 Å². The molecule has 0 aromatic rings. The molecule has 6 unspecified atom stereocenters. The Morgan fingerprint density at radius 2 is 1.56 bits per heavy atom. The third-order valence-electron chi connectivity index (χ3n) is 4.27. The van der Waals surface area contributed by atoms with E-state index in [2.05, 4.69) is 29.3 Å². The Labute approximate surface area is 193 Å². The normalized spacial score (nSPS) is 33.9. The van der Waals surface area contributed by atoms with E-state index >= 15 is 0 Å². The van der Waals surface area contributed by atoms with Gasteiger partial charge in [-0.2, -0.15) is 33.7 Å². The van der Waals surface area contributed by atoms with Gasteiger partial charge in [-0.15, -0.1) is 0 Å². The van der Waals surface area contributed by atoms with E-state index < -0.39 is 97.6 Å². The summed E-state index contributed by atoms with van der Waals surface area (Å²) in [5.41, 5.74) is 0. The second-order valence-electron chi connectivity index (χ2n) is 6.34. The summed E-state index contributed by atoms with van der Waals surface area (Å²) in [5.74, 6) is 0. The topological polar surface area (TPSA) is 246 Å². The van der Waals surface area contributed by atoms with E-state index in [4.69, 9.17) is 13.7 Å². The number of hydrogen-bond acceptors (Lipinski definition) is 19. The van der Waals surface area contributed by atoms with Crippen LogP contribution in [0.25, 0.3) is 0 Å². The molecule has 0 radical (unpaired) electrons. The minimum Gasteiger partial charge on any atom is -0.424 e. The maximum Gasteiger partial charge on any atom is 0.509 e. The Morgan fingerprint density at radius 3 is 2.12 bits per heavy atom. The highest BCUT2D eigenvalue weighted by molar-refractivity contribution is 7.82. The Balaban J connectivity index is 1.94. The lowest BCUT2D eigenvalue weighted by molar-refractivity contribution is -0.0630. The van der Waals surface area contributed by atoms with Gasteiger partial charge in [-0.3, -0.25) is 8.37 Å². The van der Waals surface area contributed by atoms with Gasteiger partial charge >= 0.3 is 47.8 Å². The molecule has 0 aromatic heterocycles. The van der Waals surface area contributed by atoms with Crippen LogP contribution in [0.2, 0.25) is 0 Å². The fraction of sp³-hybridized carbons (Fsp3) is 0.909. The Morgan fingerprint density at radius 1 is 0.912 bits per heavy atom. The van der Waals surface area contributed by atoms with Gasteiger partial charge in [0.1, 0.15) is 12.2 Å². The van der Waals surface area contributed by atoms with Gasteiger partial charge in [-0.05, 0) is 0 Å². The predicted molar refractivity (Wildman–Crippen MR) is 96.2 cm³/mol. The van der Waals surface area contributed by atoms with E-state index in [9.17, 15) is 38.5 Å². The average molecular weight is 580 g/mol. The van der Waals surface area contributed by atoms with Crippen molar-refractivity contribution in [2.75, 3.05) is 27.4 Å².